The van der Waals surface area contributed by atoms with Gasteiger partial charge in [-0.05, 0) is 32.6 Å². The van der Waals surface area contributed by atoms with E-state index in [9.17, 15) is 0 Å². The van der Waals surface area contributed by atoms with Gasteiger partial charge in [0.1, 0.15) is 0 Å². The molecule has 0 aliphatic carbocycles. The highest BCUT2D eigenvalue weighted by Gasteiger charge is 2.16. The third-order valence-electron chi connectivity index (χ3n) is 2.02. The molecule has 0 aromatic carbocycles. The molecule has 0 radical (unpaired) electrons. The fourth-order valence-corrected chi connectivity index (χ4v) is 1.40. The van der Waals surface area contributed by atoms with Crippen LogP contribution in [0.3, 0.4) is 0 Å². The molecule has 1 heteroatoms. The van der Waals surface area contributed by atoms with Crippen molar-refractivity contribution in [2.24, 2.45) is 0 Å². The summed E-state index contributed by atoms with van der Waals surface area (Å²) in [7, 11) is 0. The van der Waals surface area contributed by atoms with Gasteiger partial charge in [-0.15, -0.1) is 0 Å². The van der Waals surface area contributed by atoms with Crippen molar-refractivity contribution in [3.05, 3.63) is 0 Å². The van der Waals surface area contributed by atoms with Crippen LogP contribution in [0.25, 0.3) is 0 Å². The minimum Gasteiger partial charge on any atom is -0.375 e. The quantitative estimate of drug-likeness (QED) is 0.526. The van der Waals surface area contributed by atoms with Crippen LogP contribution in [0.5, 0.6) is 0 Å². The Morgan fingerprint density at radius 3 is 2.67 bits per heavy atom. The predicted molar refractivity (Wildman–Crippen MR) is 38.5 cm³/mol. The van der Waals surface area contributed by atoms with E-state index in [1.54, 1.807) is 0 Å². The van der Waals surface area contributed by atoms with Crippen LogP contribution in [0.1, 0.15) is 39.5 Å². The zero-order valence-electron chi connectivity index (χ0n) is 6.39. The minimum absolute atomic E-state index is 0.517. The molecule has 1 aliphatic heterocycles. The van der Waals surface area contributed by atoms with Crippen LogP contribution in [0.2, 0.25) is 0 Å². The normalized spacial score (nSPS) is 36.7. The molecule has 0 N–H and O–H groups in total. The van der Waals surface area contributed by atoms with Gasteiger partial charge in [0.05, 0.1) is 12.2 Å². The average Bonchev–Trinajstić information content (AvgIpc) is 1.88. The minimum atomic E-state index is 0.517. The van der Waals surface area contributed by atoms with Gasteiger partial charge in [0.15, 0.2) is 0 Å². The molecule has 1 fully saturated rings. The summed E-state index contributed by atoms with van der Waals surface area (Å²) in [4.78, 5) is 0. The Morgan fingerprint density at radius 2 is 2.22 bits per heavy atom. The van der Waals surface area contributed by atoms with Gasteiger partial charge in [-0.3, -0.25) is 0 Å². The Bertz CT molecular complexity index is 80.6. The summed E-state index contributed by atoms with van der Waals surface area (Å²) in [5.74, 6) is 0. The van der Waals surface area contributed by atoms with E-state index in [1.165, 1.54) is 25.7 Å². The van der Waals surface area contributed by atoms with Gasteiger partial charge in [0.2, 0.25) is 0 Å². The monoisotopic (exact) mass is 128 g/mol. The maximum Gasteiger partial charge on any atom is 0.0576 e. The van der Waals surface area contributed by atoms with E-state index >= 15 is 0 Å². The van der Waals surface area contributed by atoms with E-state index in [1.807, 2.05) is 0 Å². The molecule has 1 rings (SSSR count). The number of hydrogen-bond acceptors (Lipinski definition) is 1. The number of rotatable bonds is 1. The van der Waals surface area contributed by atoms with Gasteiger partial charge >= 0.3 is 0 Å². The van der Waals surface area contributed by atoms with Gasteiger partial charge < -0.3 is 4.74 Å². The van der Waals surface area contributed by atoms with Gasteiger partial charge in [0.25, 0.3) is 0 Å². The van der Waals surface area contributed by atoms with E-state index in [0.29, 0.717) is 12.2 Å². The second kappa shape index (κ2) is 3.21. The number of hydrogen-bond donors (Lipinski definition) is 0. The van der Waals surface area contributed by atoms with Crippen LogP contribution < -0.4 is 0 Å². The molecule has 0 unspecified atom stereocenters. The van der Waals surface area contributed by atoms with Crippen molar-refractivity contribution in [2.75, 3.05) is 0 Å². The van der Waals surface area contributed by atoms with Crippen molar-refractivity contribution in [3.8, 4) is 0 Å². The van der Waals surface area contributed by atoms with Crippen LogP contribution in [0, 0.1) is 0 Å². The van der Waals surface area contributed by atoms with E-state index < -0.39 is 0 Å². The van der Waals surface area contributed by atoms with Crippen molar-refractivity contribution in [3.63, 3.8) is 0 Å². The molecule has 0 aromatic rings. The summed E-state index contributed by atoms with van der Waals surface area (Å²) in [6, 6.07) is 0. The second-order valence-corrected chi connectivity index (χ2v) is 2.91. The lowest BCUT2D eigenvalue weighted by molar-refractivity contribution is -0.0407. The Labute approximate surface area is 57.4 Å². The third-order valence-corrected chi connectivity index (χ3v) is 2.02. The lowest BCUT2D eigenvalue weighted by atomic mass is 10.0. The predicted octanol–water partition coefficient (Wildman–Crippen LogP) is 2.35. The van der Waals surface area contributed by atoms with E-state index in [2.05, 4.69) is 13.8 Å². The molecule has 1 heterocycles. The largest absolute Gasteiger partial charge is 0.375 e. The first kappa shape index (κ1) is 7.07. The molecule has 0 amide bonds. The van der Waals surface area contributed by atoms with E-state index in [4.69, 9.17) is 4.74 Å². The highest BCUT2D eigenvalue weighted by atomic mass is 16.5. The first-order valence-electron chi connectivity index (χ1n) is 3.98. The molecule has 1 saturated heterocycles. The van der Waals surface area contributed by atoms with Gasteiger partial charge in [0, 0.05) is 0 Å². The van der Waals surface area contributed by atoms with E-state index in [0.717, 1.165) is 0 Å². The molecule has 0 bridgehead atoms. The van der Waals surface area contributed by atoms with Crippen molar-refractivity contribution >= 4 is 0 Å². The Morgan fingerprint density at radius 1 is 1.44 bits per heavy atom. The van der Waals surface area contributed by atoms with Crippen LogP contribution in [0.4, 0.5) is 0 Å². The zero-order valence-corrected chi connectivity index (χ0v) is 6.39. The van der Waals surface area contributed by atoms with Gasteiger partial charge in [-0.2, -0.15) is 0 Å². The summed E-state index contributed by atoms with van der Waals surface area (Å²) >= 11 is 0. The van der Waals surface area contributed by atoms with Crippen LogP contribution in [-0.2, 0) is 4.74 Å². The summed E-state index contributed by atoms with van der Waals surface area (Å²) in [5.41, 5.74) is 0. The summed E-state index contributed by atoms with van der Waals surface area (Å²) in [5, 5.41) is 0. The Hall–Kier alpha value is -0.0400. The van der Waals surface area contributed by atoms with Crippen LogP contribution in [-0.4, -0.2) is 12.2 Å². The molecular formula is C8H16O. The fraction of sp³-hybridized carbons (Fsp3) is 1.00. The molecule has 0 spiro atoms. The van der Waals surface area contributed by atoms with Gasteiger partial charge in [-0.1, -0.05) is 6.92 Å². The Balaban J connectivity index is 2.23. The van der Waals surface area contributed by atoms with Crippen molar-refractivity contribution in [1.82, 2.24) is 0 Å². The molecule has 2 atom stereocenters. The van der Waals surface area contributed by atoms with E-state index in [-0.39, 0.29) is 0 Å². The molecule has 0 aromatic heterocycles. The summed E-state index contributed by atoms with van der Waals surface area (Å²) in [6.07, 6.45) is 6.17. The standard InChI is InChI=1S/C8H16O/c1-3-8-6-4-5-7(2)9-8/h7-8H,3-6H2,1-2H3/t7-,8+/m0/s1. The lowest BCUT2D eigenvalue weighted by Crippen LogP contribution is -2.24. The molecule has 1 nitrogen and oxygen atoms in total. The van der Waals surface area contributed by atoms with Crippen molar-refractivity contribution < 1.29 is 4.74 Å². The molecule has 9 heavy (non-hydrogen) atoms. The maximum atomic E-state index is 5.64. The van der Waals surface area contributed by atoms with Crippen LogP contribution in [0.15, 0.2) is 0 Å². The SMILES string of the molecule is CC[C@@H]1CCC[C@H](C)O1. The van der Waals surface area contributed by atoms with Crippen molar-refractivity contribution in [2.45, 2.75) is 51.7 Å². The average molecular weight is 128 g/mol. The highest BCUT2D eigenvalue weighted by Crippen LogP contribution is 2.19. The van der Waals surface area contributed by atoms with Gasteiger partial charge in [-0.25, -0.2) is 0 Å². The fourth-order valence-electron chi connectivity index (χ4n) is 1.40. The second-order valence-electron chi connectivity index (χ2n) is 2.91. The smallest absolute Gasteiger partial charge is 0.0576 e. The summed E-state index contributed by atoms with van der Waals surface area (Å²) in [6.45, 7) is 4.37. The maximum absolute atomic E-state index is 5.64. The Kier molecular flexibility index (Phi) is 2.52. The molecular weight excluding hydrogens is 112 g/mol. The molecule has 1 aliphatic rings. The first-order chi connectivity index (χ1) is 4.33. The molecule has 54 valence electrons. The van der Waals surface area contributed by atoms with Crippen molar-refractivity contribution in [1.29, 1.82) is 0 Å². The highest BCUT2D eigenvalue weighted by molar-refractivity contribution is 4.65. The van der Waals surface area contributed by atoms with Crippen LogP contribution >= 0.6 is 0 Å². The number of ether oxygens (including phenoxy) is 1. The lowest BCUT2D eigenvalue weighted by Gasteiger charge is -2.26. The topological polar surface area (TPSA) is 9.23 Å². The molecule has 0 saturated carbocycles. The third kappa shape index (κ3) is 1.98. The summed E-state index contributed by atoms with van der Waals surface area (Å²) < 4.78 is 5.64. The zero-order chi connectivity index (χ0) is 6.69. The first-order valence-corrected chi connectivity index (χ1v) is 3.98.